The van der Waals surface area contributed by atoms with Gasteiger partial charge in [0.1, 0.15) is 22.8 Å². The highest BCUT2D eigenvalue weighted by Gasteiger charge is 2.28. The first-order valence-corrected chi connectivity index (χ1v) is 11.1. The number of pyridine rings is 2. The van der Waals surface area contributed by atoms with Crippen molar-refractivity contribution in [2.45, 2.75) is 25.4 Å². The second-order valence-corrected chi connectivity index (χ2v) is 8.61. The summed E-state index contributed by atoms with van der Waals surface area (Å²) in [6.07, 6.45) is 8.41. The van der Waals surface area contributed by atoms with Crippen molar-refractivity contribution in [3.8, 4) is 10.6 Å². The molecule has 1 atom stereocenters. The van der Waals surface area contributed by atoms with E-state index in [1.54, 1.807) is 31.0 Å². The molecule has 0 aliphatic carbocycles. The van der Waals surface area contributed by atoms with E-state index in [1.807, 2.05) is 10.6 Å². The van der Waals surface area contributed by atoms with Crippen molar-refractivity contribution >= 4 is 39.2 Å². The van der Waals surface area contributed by atoms with Crippen molar-refractivity contribution in [2.75, 3.05) is 18.4 Å². The maximum atomic E-state index is 14.0. The molecule has 0 radical (unpaired) electrons. The first-order chi connectivity index (χ1) is 15.6. The molecule has 4 aromatic heterocycles. The summed E-state index contributed by atoms with van der Waals surface area (Å²) in [4.78, 5) is 31.6. The van der Waals surface area contributed by atoms with Gasteiger partial charge in [0.15, 0.2) is 5.13 Å². The van der Waals surface area contributed by atoms with Crippen LogP contribution in [0.15, 0.2) is 43.1 Å². The minimum atomic E-state index is -0.386. The third-order valence-electron chi connectivity index (χ3n) is 5.56. The summed E-state index contributed by atoms with van der Waals surface area (Å²) in [6.45, 7) is 2.28. The number of halogens is 1. The number of carbonyl (C=O) groups is 1. The number of aromatic nitrogens is 5. The molecule has 4 aromatic rings. The lowest BCUT2D eigenvalue weighted by molar-refractivity contribution is -0.122. The van der Waals surface area contributed by atoms with Crippen molar-refractivity contribution in [1.29, 1.82) is 0 Å². The molecule has 1 saturated heterocycles. The molecule has 9 nitrogen and oxygen atoms in total. The number of carbonyl (C=O) groups excluding carboxylic acids is 1. The van der Waals surface area contributed by atoms with Crippen molar-refractivity contribution in [1.82, 2.24) is 29.4 Å². The van der Waals surface area contributed by atoms with E-state index >= 15 is 0 Å². The van der Waals surface area contributed by atoms with Crippen molar-refractivity contribution < 1.29 is 9.18 Å². The lowest BCUT2D eigenvalue weighted by Crippen LogP contribution is -2.41. The number of nitrogens with two attached hydrogens (primary N) is 1. The minimum absolute atomic E-state index is 0.188. The molecule has 1 aliphatic heterocycles. The topological polar surface area (TPSA) is 115 Å². The zero-order valence-corrected chi connectivity index (χ0v) is 17.9. The number of hydrogen-bond donors (Lipinski definition) is 2. The molecule has 164 valence electrons. The molecule has 0 saturated carbocycles. The molecule has 1 amide bonds. The van der Waals surface area contributed by atoms with E-state index in [0.29, 0.717) is 22.4 Å². The fraction of sp³-hybridized carbons (Fsp3) is 0.286. The predicted octanol–water partition coefficient (Wildman–Crippen LogP) is 2.78. The molecule has 3 N–H and O–H groups in total. The number of rotatable bonds is 7. The number of nitrogens with zero attached hydrogens (tertiary/aromatic N) is 6. The van der Waals surface area contributed by atoms with Gasteiger partial charge in [-0.3, -0.25) is 14.7 Å². The number of primary amides is 1. The Labute approximate surface area is 187 Å². The Bertz CT molecular complexity index is 1270. The number of fused-ring (bicyclic) bond motifs is 1. The van der Waals surface area contributed by atoms with Crippen molar-refractivity contribution in [3.63, 3.8) is 0 Å². The molecule has 1 unspecified atom stereocenters. The smallest absolute Gasteiger partial charge is 0.234 e. The Hall–Kier alpha value is -3.44. The number of nitrogens with one attached hydrogen (secondary N) is 1. The SMILES string of the molecule is NC(=O)C1CCCN1CCn1cnc2cnc(Nc3ncc(-c4ncccc4F)s3)cc21. The molecule has 0 aromatic carbocycles. The fourth-order valence-electron chi connectivity index (χ4n) is 3.98. The highest BCUT2D eigenvalue weighted by molar-refractivity contribution is 7.18. The maximum Gasteiger partial charge on any atom is 0.234 e. The van der Waals surface area contributed by atoms with Gasteiger partial charge < -0.3 is 15.6 Å². The van der Waals surface area contributed by atoms with Gasteiger partial charge in [-0.2, -0.15) is 0 Å². The van der Waals surface area contributed by atoms with Crippen LogP contribution >= 0.6 is 11.3 Å². The van der Waals surface area contributed by atoms with E-state index < -0.39 is 0 Å². The Kier molecular flexibility index (Phi) is 5.50. The number of amides is 1. The monoisotopic (exact) mass is 452 g/mol. The molecule has 1 aliphatic rings. The standard InChI is InChI=1S/C21H21FN8OS/c22-13-3-1-5-24-19(13)17-11-26-21(32-17)28-18-9-16-14(10-25-18)27-12-30(16)8-7-29-6-2-4-15(29)20(23)31/h1,3,5,9-12,15H,2,4,6-8H2,(H2,23,31)(H,25,26,28). The number of imidazole rings is 1. The Balaban J connectivity index is 1.32. The summed E-state index contributed by atoms with van der Waals surface area (Å²) in [5, 5.41) is 3.76. The van der Waals surface area contributed by atoms with E-state index in [0.717, 1.165) is 37.0 Å². The number of likely N-dealkylation sites (tertiary alicyclic amines) is 1. The summed E-state index contributed by atoms with van der Waals surface area (Å²) in [6, 6.07) is 4.64. The van der Waals surface area contributed by atoms with Gasteiger partial charge in [0.25, 0.3) is 0 Å². The molecule has 11 heteroatoms. The molecule has 1 fully saturated rings. The van der Waals surface area contributed by atoms with Gasteiger partial charge in [-0.15, -0.1) is 0 Å². The molecular weight excluding hydrogens is 431 g/mol. The first-order valence-electron chi connectivity index (χ1n) is 10.3. The maximum absolute atomic E-state index is 14.0. The van der Waals surface area contributed by atoms with Crippen LogP contribution in [0.3, 0.4) is 0 Å². The van der Waals surface area contributed by atoms with Gasteiger partial charge in [0.05, 0.1) is 29.0 Å². The Morgan fingerprint density at radius 2 is 2.16 bits per heavy atom. The van der Waals surface area contributed by atoms with Gasteiger partial charge in [0.2, 0.25) is 5.91 Å². The van der Waals surface area contributed by atoms with E-state index in [1.165, 1.54) is 17.4 Å². The molecule has 0 bridgehead atoms. The lowest BCUT2D eigenvalue weighted by atomic mass is 10.2. The molecule has 0 spiro atoms. The van der Waals surface area contributed by atoms with Crippen LogP contribution in [-0.4, -0.2) is 54.4 Å². The summed E-state index contributed by atoms with van der Waals surface area (Å²) in [5.41, 5.74) is 7.49. The quantitative estimate of drug-likeness (QED) is 0.443. The number of hydrogen-bond acceptors (Lipinski definition) is 8. The van der Waals surface area contributed by atoms with Crippen LogP contribution in [0.1, 0.15) is 12.8 Å². The van der Waals surface area contributed by atoms with Gasteiger partial charge in [-0.05, 0) is 31.5 Å². The average molecular weight is 453 g/mol. The second-order valence-electron chi connectivity index (χ2n) is 7.58. The normalized spacial score (nSPS) is 16.6. The van der Waals surface area contributed by atoms with E-state index in [-0.39, 0.29) is 23.5 Å². The van der Waals surface area contributed by atoms with Crippen LogP contribution in [-0.2, 0) is 11.3 Å². The van der Waals surface area contributed by atoms with Gasteiger partial charge in [0, 0.05) is 31.5 Å². The summed E-state index contributed by atoms with van der Waals surface area (Å²) < 4.78 is 16.0. The lowest BCUT2D eigenvalue weighted by Gasteiger charge is -2.21. The second kappa shape index (κ2) is 8.60. The highest BCUT2D eigenvalue weighted by atomic mass is 32.1. The Morgan fingerprint density at radius 1 is 1.25 bits per heavy atom. The van der Waals surface area contributed by atoms with Gasteiger partial charge in [-0.25, -0.2) is 19.3 Å². The summed E-state index contributed by atoms with van der Waals surface area (Å²) in [5.74, 6) is -0.0392. The molecule has 5 rings (SSSR count). The first kappa shape index (κ1) is 20.5. The molecule has 5 heterocycles. The van der Waals surface area contributed by atoms with E-state index in [9.17, 15) is 9.18 Å². The number of anilines is 2. The van der Waals surface area contributed by atoms with Crippen LogP contribution in [0.25, 0.3) is 21.6 Å². The highest BCUT2D eigenvalue weighted by Crippen LogP contribution is 2.31. The van der Waals surface area contributed by atoms with Crippen LogP contribution in [0.2, 0.25) is 0 Å². The van der Waals surface area contributed by atoms with E-state index in [2.05, 4.69) is 30.2 Å². The minimum Gasteiger partial charge on any atom is -0.368 e. The van der Waals surface area contributed by atoms with Crippen LogP contribution in [0.5, 0.6) is 0 Å². The molecule has 32 heavy (non-hydrogen) atoms. The van der Waals surface area contributed by atoms with Crippen LogP contribution < -0.4 is 11.1 Å². The van der Waals surface area contributed by atoms with Crippen molar-refractivity contribution in [3.05, 3.63) is 48.9 Å². The van der Waals surface area contributed by atoms with Gasteiger partial charge >= 0.3 is 0 Å². The predicted molar refractivity (Wildman–Crippen MR) is 120 cm³/mol. The average Bonchev–Trinajstić information content (AvgIpc) is 3.52. The van der Waals surface area contributed by atoms with Gasteiger partial charge in [-0.1, -0.05) is 11.3 Å². The van der Waals surface area contributed by atoms with Crippen molar-refractivity contribution in [2.24, 2.45) is 5.73 Å². The molecular formula is C21H21FN8OS. The fourth-order valence-corrected chi connectivity index (χ4v) is 4.80. The third-order valence-corrected chi connectivity index (χ3v) is 6.48. The zero-order valence-electron chi connectivity index (χ0n) is 17.1. The third kappa shape index (κ3) is 4.04. The largest absolute Gasteiger partial charge is 0.368 e. The van der Waals surface area contributed by atoms with E-state index in [4.69, 9.17) is 5.73 Å². The van der Waals surface area contributed by atoms with Crippen LogP contribution in [0, 0.1) is 5.82 Å². The van der Waals surface area contributed by atoms with Crippen LogP contribution in [0.4, 0.5) is 15.3 Å². The number of thiazole rings is 1. The zero-order chi connectivity index (χ0) is 22.1. The summed E-state index contributed by atoms with van der Waals surface area (Å²) >= 11 is 1.30. The Morgan fingerprint density at radius 3 is 3.00 bits per heavy atom. The summed E-state index contributed by atoms with van der Waals surface area (Å²) in [7, 11) is 0.